The summed E-state index contributed by atoms with van der Waals surface area (Å²) in [4.78, 5) is 13.8. The molecule has 5 heteroatoms. The first-order valence-corrected chi connectivity index (χ1v) is 7.95. The smallest absolute Gasteiger partial charge is 0.321 e. The second-order valence-electron chi connectivity index (χ2n) is 5.86. The van der Waals surface area contributed by atoms with Crippen LogP contribution in [0.15, 0.2) is 24.3 Å². The third kappa shape index (κ3) is 4.45. The average Bonchev–Trinajstić information content (AvgIpc) is 2.53. The molecule has 0 saturated carbocycles. The van der Waals surface area contributed by atoms with Gasteiger partial charge in [-0.1, -0.05) is 19.1 Å². The van der Waals surface area contributed by atoms with E-state index in [1.165, 1.54) is 5.56 Å². The standard InChI is InChI=1S/C17H26N2O3/c1-3-18-16(17(20)21)14-5-4-10-19(12-14)11-13-6-8-15(22-2)9-7-13/h6-9,14,16,18H,3-5,10-12H2,1-2H3,(H,20,21). The number of methoxy groups -OCH3 is 1. The van der Waals surface area contributed by atoms with Gasteiger partial charge in [0.25, 0.3) is 0 Å². The van der Waals surface area contributed by atoms with E-state index in [2.05, 4.69) is 22.3 Å². The molecular formula is C17H26N2O3. The van der Waals surface area contributed by atoms with Crippen molar-refractivity contribution in [2.75, 3.05) is 26.7 Å². The van der Waals surface area contributed by atoms with Gasteiger partial charge in [0.2, 0.25) is 0 Å². The summed E-state index contributed by atoms with van der Waals surface area (Å²) < 4.78 is 5.17. The lowest BCUT2D eigenvalue weighted by Crippen LogP contribution is -2.49. The number of benzene rings is 1. The van der Waals surface area contributed by atoms with E-state index in [0.717, 1.165) is 38.2 Å². The molecule has 0 spiro atoms. The lowest BCUT2D eigenvalue weighted by molar-refractivity contribution is -0.141. The largest absolute Gasteiger partial charge is 0.497 e. The second-order valence-corrected chi connectivity index (χ2v) is 5.86. The van der Waals surface area contributed by atoms with Gasteiger partial charge >= 0.3 is 5.97 Å². The maximum atomic E-state index is 11.4. The van der Waals surface area contributed by atoms with Gasteiger partial charge in [-0.15, -0.1) is 0 Å². The van der Waals surface area contributed by atoms with Gasteiger partial charge in [-0.25, -0.2) is 0 Å². The molecule has 2 N–H and O–H groups in total. The lowest BCUT2D eigenvalue weighted by atomic mass is 9.90. The molecule has 1 aromatic carbocycles. The van der Waals surface area contributed by atoms with Crippen molar-refractivity contribution in [2.45, 2.75) is 32.4 Å². The number of rotatable bonds is 7. The molecule has 122 valence electrons. The van der Waals surface area contributed by atoms with Gasteiger partial charge in [-0.2, -0.15) is 0 Å². The van der Waals surface area contributed by atoms with Crippen molar-refractivity contribution >= 4 is 5.97 Å². The Kier molecular flexibility index (Phi) is 6.21. The molecule has 1 heterocycles. The predicted octanol–water partition coefficient (Wildman–Crippen LogP) is 1.97. The molecule has 1 saturated heterocycles. The van der Waals surface area contributed by atoms with E-state index in [9.17, 15) is 9.90 Å². The summed E-state index contributed by atoms with van der Waals surface area (Å²) in [6.07, 6.45) is 2.03. The highest BCUT2D eigenvalue weighted by Gasteiger charge is 2.31. The van der Waals surface area contributed by atoms with Crippen molar-refractivity contribution < 1.29 is 14.6 Å². The molecular weight excluding hydrogens is 280 g/mol. The van der Waals surface area contributed by atoms with Crippen LogP contribution in [0.1, 0.15) is 25.3 Å². The Labute approximate surface area is 132 Å². The van der Waals surface area contributed by atoms with Crippen LogP contribution in [0.2, 0.25) is 0 Å². The normalized spacial score (nSPS) is 20.5. The van der Waals surface area contributed by atoms with Gasteiger partial charge < -0.3 is 15.2 Å². The van der Waals surface area contributed by atoms with Crippen LogP contribution >= 0.6 is 0 Å². The van der Waals surface area contributed by atoms with Gasteiger partial charge in [0.05, 0.1) is 7.11 Å². The number of piperidine rings is 1. The van der Waals surface area contributed by atoms with Crippen LogP contribution in [0.5, 0.6) is 5.75 Å². The van der Waals surface area contributed by atoms with Gasteiger partial charge in [0.1, 0.15) is 11.8 Å². The summed E-state index contributed by atoms with van der Waals surface area (Å²) in [5.74, 6) is 0.293. The number of carbonyl (C=O) groups is 1. The molecule has 0 bridgehead atoms. The van der Waals surface area contributed by atoms with Crippen molar-refractivity contribution in [3.05, 3.63) is 29.8 Å². The van der Waals surface area contributed by atoms with Crippen molar-refractivity contribution in [3.63, 3.8) is 0 Å². The molecule has 0 radical (unpaired) electrons. The highest BCUT2D eigenvalue weighted by atomic mass is 16.5. The van der Waals surface area contributed by atoms with E-state index >= 15 is 0 Å². The number of likely N-dealkylation sites (N-methyl/N-ethyl adjacent to an activating group) is 1. The fraction of sp³-hybridized carbons (Fsp3) is 0.588. The van der Waals surface area contributed by atoms with Crippen molar-refractivity contribution in [1.82, 2.24) is 10.2 Å². The van der Waals surface area contributed by atoms with E-state index in [1.54, 1.807) is 7.11 Å². The summed E-state index contributed by atoms with van der Waals surface area (Å²) in [5, 5.41) is 12.5. The van der Waals surface area contributed by atoms with E-state index in [-0.39, 0.29) is 5.92 Å². The van der Waals surface area contributed by atoms with Crippen LogP contribution in [-0.2, 0) is 11.3 Å². The number of carboxylic acid groups (broad SMARTS) is 1. The van der Waals surface area contributed by atoms with E-state index < -0.39 is 12.0 Å². The van der Waals surface area contributed by atoms with Crippen molar-refractivity contribution in [3.8, 4) is 5.75 Å². The van der Waals surface area contributed by atoms with Gasteiger partial charge in [-0.3, -0.25) is 9.69 Å². The second kappa shape index (κ2) is 8.15. The Bertz CT molecular complexity index is 475. The zero-order valence-corrected chi connectivity index (χ0v) is 13.4. The molecule has 1 fully saturated rings. The number of nitrogens with one attached hydrogen (secondary N) is 1. The highest BCUT2D eigenvalue weighted by molar-refractivity contribution is 5.73. The van der Waals surface area contributed by atoms with Crippen molar-refractivity contribution in [1.29, 1.82) is 0 Å². The topological polar surface area (TPSA) is 61.8 Å². The number of likely N-dealkylation sites (tertiary alicyclic amines) is 1. The molecule has 1 aliphatic heterocycles. The average molecular weight is 306 g/mol. The van der Waals surface area contributed by atoms with Crippen LogP contribution in [0.4, 0.5) is 0 Å². The van der Waals surface area contributed by atoms with E-state index in [0.29, 0.717) is 6.54 Å². The Morgan fingerprint density at radius 2 is 2.18 bits per heavy atom. The first kappa shape index (κ1) is 16.8. The predicted molar refractivity (Wildman–Crippen MR) is 86.1 cm³/mol. The molecule has 0 amide bonds. The van der Waals surface area contributed by atoms with E-state index in [4.69, 9.17) is 4.74 Å². The zero-order valence-electron chi connectivity index (χ0n) is 13.4. The third-order valence-electron chi connectivity index (χ3n) is 4.27. The van der Waals surface area contributed by atoms with Gasteiger partial charge in [-0.05, 0) is 49.5 Å². The van der Waals surface area contributed by atoms with Crippen LogP contribution in [0.3, 0.4) is 0 Å². The maximum Gasteiger partial charge on any atom is 0.321 e. The number of hydrogen-bond acceptors (Lipinski definition) is 4. The minimum absolute atomic E-state index is 0.171. The van der Waals surface area contributed by atoms with Crippen LogP contribution in [0.25, 0.3) is 0 Å². The quantitative estimate of drug-likeness (QED) is 0.806. The van der Waals surface area contributed by atoms with E-state index in [1.807, 2.05) is 19.1 Å². The number of hydrogen-bond donors (Lipinski definition) is 2. The highest BCUT2D eigenvalue weighted by Crippen LogP contribution is 2.22. The van der Waals surface area contributed by atoms with Gasteiger partial charge in [0.15, 0.2) is 0 Å². The fourth-order valence-electron chi connectivity index (χ4n) is 3.17. The molecule has 22 heavy (non-hydrogen) atoms. The Balaban J connectivity index is 1.95. The minimum Gasteiger partial charge on any atom is -0.497 e. The summed E-state index contributed by atoms with van der Waals surface area (Å²) in [7, 11) is 1.66. The Hall–Kier alpha value is -1.59. The molecule has 5 nitrogen and oxygen atoms in total. The maximum absolute atomic E-state index is 11.4. The third-order valence-corrected chi connectivity index (χ3v) is 4.27. The molecule has 0 aromatic heterocycles. The van der Waals surface area contributed by atoms with Crippen LogP contribution in [-0.4, -0.2) is 48.8 Å². The first-order valence-electron chi connectivity index (χ1n) is 7.95. The number of aliphatic carboxylic acids is 1. The number of ether oxygens (including phenoxy) is 1. The van der Waals surface area contributed by atoms with Crippen LogP contribution in [0, 0.1) is 5.92 Å². The summed E-state index contributed by atoms with van der Waals surface area (Å²) in [6, 6.07) is 7.64. The molecule has 2 rings (SSSR count). The lowest BCUT2D eigenvalue weighted by Gasteiger charge is -2.35. The number of nitrogens with zero attached hydrogens (tertiary/aromatic N) is 1. The van der Waals surface area contributed by atoms with Crippen LogP contribution < -0.4 is 10.1 Å². The summed E-state index contributed by atoms with van der Waals surface area (Å²) in [5.41, 5.74) is 1.23. The molecule has 1 aromatic rings. The summed E-state index contributed by atoms with van der Waals surface area (Å²) in [6.45, 7) is 5.36. The number of carboxylic acids is 1. The SMILES string of the molecule is CCNC(C(=O)O)C1CCCN(Cc2ccc(OC)cc2)C1. The Morgan fingerprint density at radius 1 is 1.45 bits per heavy atom. The minimum atomic E-state index is -0.738. The van der Waals surface area contributed by atoms with Crippen molar-refractivity contribution in [2.24, 2.45) is 5.92 Å². The summed E-state index contributed by atoms with van der Waals surface area (Å²) >= 11 is 0. The fourth-order valence-corrected chi connectivity index (χ4v) is 3.17. The molecule has 1 aliphatic rings. The molecule has 2 atom stereocenters. The monoisotopic (exact) mass is 306 g/mol. The first-order chi connectivity index (χ1) is 10.6. The molecule has 0 aliphatic carbocycles. The van der Waals surface area contributed by atoms with Gasteiger partial charge in [0, 0.05) is 13.1 Å². The molecule has 2 unspecified atom stereocenters. The Morgan fingerprint density at radius 3 is 2.77 bits per heavy atom. The zero-order chi connectivity index (χ0) is 15.9.